The molecule has 0 aliphatic rings. The minimum atomic E-state index is -0.867. The standard InChI is InChI=1S/C31H41NO6/c1-6-7-8-12-27(38-31(32)36)23(5)30(35)22(4)18-20(2)17-21(3)26(33)11-9-10-24-13-14-25-15-16-29(34)37-28(25)19-24/h6-10,13-17,19,21-23,26-27,30,33,35H,1,11-12,18H2,2-5H3,(H2,32,36)/b8-7-,10-9-,20-17-. The largest absolute Gasteiger partial charge is 0.446 e. The highest BCUT2D eigenvalue weighted by Gasteiger charge is 2.30. The van der Waals surface area contributed by atoms with Crippen molar-refractivity contribution in [1.29, 1.82) is 0 Å². The summed E-state index contributed by atoms with van der Waals surface area (Å²) in [5.41, 5.74) is 7.31. The van der Waals surface area contributed by atoms with Crippen LogP contribution in [0.3, 0.4) is 0 Å². The number of hydrogen-bond acceptors (Lipinski definition) is 6. The van der Waals surface area contributed by atoms with E-state index in [4.69, 9.17) is 14.9 Å². The number of allylic oxidation sites excluding steroid dienone is 3. The van der Waals surface area contributed by atoms with Crippen molar-refractivity contribution in [3.63, 3.8) is 0 Å². The maximum absolute atomic E-state index is 11.5. The quantitative estimate of drug-likeness (QED) is 0.164. The average molecular weight is 524 g/mol. The molecule has 0 spiro atoms. The number of ether oxygens (including phenoxy) is 1. The van der Waals surface area contributed by atoms with Crippen molar-refractivity contribution in [2.45, 2.75) is 65.3 Å². The first kappa shape index (κ1) is 30.8. The van der Waals surface area contributed by atoms with Crippen LogP contribution in [-0.4, -0.2) is 34.6 Å². The lowest BCUT2D eigenvalue weighted by Crippen LogP contribution is -2.37. The number of aliphatic hydroxyl groups excluding tert-OH is 2. The second kappa shape index (κ2) is 15.1. The number of amides is 1. The van der Waals surface area contributed by atoms with E-state index in [1.54, 1.807) is 24.3 Å². The highest BCUT2D eigenvalue weighted by molar-refractivity contribution is 5.79. The number of benzene rings is 1. The lowest BCUT2D eigenvalue weighted by molar-refractivity contribution is -0.0116. The number of primary amides is 1. The number of nitrogens with two attached hydrogens (primary N) is 1. The Kier molecular flexibility index (Phi) is 12.2. The zero-order valence-electron chi connectivity index (χ0n) is 22.7. The van der Waals surface area contributed by atoms with Gasteiger partial charge in [0, 0.05) is 29.7 Å². The molecule has 2 aromatic rings. The molecule has 1 aromatic carbocycles. The number of rotatable bonds is 14. The molecule has 0 aliphatic carbocycles. The van der Waals surface area contributed by atoms with Crippen LogP contribution in [0.4, 0.5) is 4.79 Å². The van der Waals surface area contributed by atoms with Crippen LogP contribution in [0.1, 0.15) is 52.5 Å². The fourth-order valence-electron chi connectivity index (χ4n) is 4.56. The predicted molar refractivity (Wildman–Crippen MR) is 152 cm³/mol. The molecule has 7 nitrogen and oxygen atoms in total. The summed E-state index contributed by atoms with van der Waals surface area (Å²) < 4.78 is 10.5. The molecule has 0 saturated heterocycles. The van der Waals surface area contributed by atoms with Crippen LogP contribution in [-0.2, 0) is 4.74 Å². The highest BCUT2D eigenvalue weighted by Crippen LogP contribution is 2.26. The zero-order valence-corrected chi connectivity index (χ0v) is 22.7. The second-order valence-corrected chi connectivity index (χ2v) is 10.0. The Labute approximate surface area is 225 Å². The van der Waals surface area contributed by atoms with Crippen LogP contribution in [0, 0.1) is 17.8 Å². The third-order valence-corrected chi connectivity index (χ3v) is 6.75. The number of fused-ring (bicyclic) bond motifs is 1. The molecule has 0 fully saturated rings. The molecule has 206 valence electrons. The molecule has 0 bridgehead atoms. The van der Waals surface area contributed by atoms with Crippen molar-refractivity contribution < 1.29 is 24.2 Å². The van der Waals surface area contributed by atoms with E-state index in [0.29, 0.717) is 24.8 Å². The fraction of sp³-hybridized carbons (Fsp3) is 0.419. The number of carbonyl (C=O) groups is 1. The first-order valence-corrected chi connectivity index (χ1v) is 13.0. The molecule has 7 heteroatoms. The molecule has 6 atom stereocenters. The molecule has 1 heterocycles. The van der Waals surface area contributed by atoms with Crippen molar-refractivity contribution in [1.82, 2.24) is 0 Å². The molecule has 0 aliphatic heterocycles. The van der Waals surface area contributed by atoms with Gasteiger partial charge in [0.25, 0.3) is 0 Å². The summed E-state index contributed by atoms with van der Waals surface area (Å²) in [6, 6.07) is 8.74. The van der Waals surface area contributed by atoms with Gasteiger partial charge in [0.15, 0.2) is 0 Å². The topological polar surface area (TPSA) is 123 Å². The molecule has 1 amide bonds. The monoisotopic (exact) mass is 523 g/mol. The van der Waals surface area contributed by atoms with Gasteiger partial charge in [-0.25, -0.2) is 9.59 Å². The number of carbonyl (C=O) groups excluding carboxylic acids is 1. The molecule has 38 heavy (non-hydrogen) atoms. The van der Waals surface area contributed by atoms with Crippen molar-refractivity contribution in [2.75, 3.05) is 0 Å². The molecule has 0 saturated carbocycles. The SMILES string of the molecule is C=C/C=C\CC(OC(N)=O)C(C)C(O)C(C)C/C(C)=C\C(C)C(O)C/C=C\c1ccc2ccc(=O)oc2c1. The van der Waals surface area contributed by atoms with Crippen LogP contribution in [0.5, 0.6) is 0 Å². The summed E-state index contributed by atoms with van der Waals surface area (Å²) in [5.74, 6) is -0.511. The Morgan fingerprint density at radius 3 is 2.53 bits per heavy atom. The maximum atomic E-state index is 11.5. The Morgan fingerprint density at radius 1 is 1.13 bits per heavy atom. The van der Waals surface area contributed by atoms with Crippen LogP contribution in [0.25, 0.3) is 17.0 Å². The maximum Gasteiger partial charge on any atom is 0.404 e. The highest BCUT2D eigenvalue weighted by atomic mass is 16.6. The summed E-state index contributed by atoms with van der Waals surface area (Å²) >= 11 is 0. The van der Waals surface area contributed by atoms with Crippen LogP contribution in [0.2, 0.25) is 0 Å². The van der Waals surface area contributed by atoms with E-state index in [2.05, 4.69) is 6.58 Å². The van der Waals surface area contributed by atoms with Gasteiger partial charge in [0.2, 0.25) is 0 Å². The van der Waals surface area contributed by atoms with Gasteiger partial charge in [0.05, 0.1) is 12.2 Å². The lowest BCUT2D eigenvalue weighted by Gasteiger charge is -2.30. The van der Waals surface area contributed by atoms with Crippen molar-refractivity contribution >= 4 is 23.1 Å². The summed E-state index contributed by atoms with van der Waals surface area (Å²) in [5, 5.41) is 22.5. The number of aliphatic hydroxyl groups is 2. The summed E-state index contributed by atoms with van der Waals surface area (Å²) in [6.45, 7) is 11.4. The molecule has 4 N–H and O–H groups in total. The van der Waals surface area contributed by atoms with Crippen molar-refractivity contribution in [3.8, 4) is 0 Å². The van der Waals surface area contributed by atoms with E-state index in [1.165, 1.54) is 6.07 Å². The third-order valence-electron chi connectivity index (χ3n) is 6.75. The predicted octanol–water partition coefficient (Wildman–Crippen LogP) is 5.76. The molecule has 1 aromatic heterocycles. The smallest absolute Gasteiger partial charge is 0.404 e. The normalized spacial score (nSPS) is 17.3. The zero-order chi connectivity index (χ0) is 28.2. The Hall–Kier alpha value is -3.42. The second-order valence-electron chi connectivity index (χ2n) is 10.0. The van der Waals surface area contributed by atoms with Crippen molar-refractivity contribution in [3.05, 3.63) is 88.8 Å². The average Bonchev–Trinajstić information content (AvgIpc) is 2.86. The Balaban J connectivity index is 1.94. The van der Waals surface area contributed by atoms with Crippen LogP contribution >= 0.6 is 0 Å². The fourth-order valence-corrected chi connectivity index (χ4v) is 4.56. The van der Waals surface area contributed by atoms with Gasteiger partial charge in [-0.2, -0.15) is 0 Å². The minimum Gasteiger partial charge on any atom is -0.446 e. The van der Waals surface area contributed by atoms with Gasteiger partial charge in [-0.1, -0.05) is 81.5 Å². The van der Waals surface area contributed by atoms with Crippen LogP contribution in [0.15, 0.2) is 82.1 Å². The first-order valence-electron chi connectivity index (χ1n) is 13.0. The third kappa shape index (κ3) is 9.80. The van der Waals surface area contributed by atoms with E-state index in [0.717, 1.165) is 16.5 Å². The number of hydrogen-bond donors (Lipinski definition) is 3. The molecular formula is C31H41NO6. The van der Waals surface area contributed by atoms with Crippen LogP contribution < -0.4 is 11.4 Å². The molecule has 6 unspecified atom stereocenters. The molecular weight excluding hydrogens is 482 g/mol. The van der Waals surface area contributed by atoms with E-state index in [-0.39, 0.29) is 23.4 Å². The van der Waals surface area contributed by atoms with Gasteiger partial charge in [-0.05, 0) is 43.4 Å². The van der Waals surface area contributed by atoms with E-state index in [9.17, 15) is 19.8 Å². The van der Waals surface area contributed by atoms with Gasteiger partial charge >= 0.3 is 11.7 Å². The Morgan fingerprint density at radius 2 is 1.84 bits per heavy atom. The van der Waals surface area contributed by atoms with Gasteiger partial charge in [-0.3, -0.25) is 0 Å². The lowest BCUT2D eigenvalue weighted by atomic mass is 9.84. The summed E-state index contributed by atoms with van der Waals surface area (Å²) in [4.78, 5) is 22.8. The minimum absolute atomic E-state index is 0.0916. The van der Waals surface area contributed by atoms with Gasteiger partial charge < -0.3 is 25.1 Å². The van der Waals surface area contributed by atoms with Gasteiger partial charge in [-0.15, -0.1) is 0 Å². The van der Waals surface area contributed by atoms with Crippen molar-refractivity contribution in [2.24, 2.45) is 23.5 Å². The summed E-state index contributed by atoms with van der Waals surface area (Å²) in [7, 11) is 0. The molecule has 0 radical (unpaired) electrons. The van der Waals surface area contributed by atoms with E-state index in [1.807, 2.05) is 64.1 Å². The van der Waals surface area contributed by atoms with E-state index < -0.39 is 24.4 Å². The van der Waals surface area contributed by atoms with E-state index >= 15 is 0 Å². The molecule has 2 rings (SSSR count). The Bertz CT molecular complexity index is 1210. The summed E-state index contributed by atoms with van der Waals surface area (Å²) in [6.07, 6.45) is 9.87. The first-order chi connectivity index (χ1) is 18.0. The van der Waals surface area contributed by atoms with Gasteiger partial charge in [0.1, 0.15) is 11.7 Å².